The summed E-state index contributed by atoms with van der Waals surface area (Å²) in [6, 6.07) is 12.1. The zero-order valence-electron chi connectivity index (χ0n) is 17.2. The minimum atomic E-state index is -0.481. The standard InChI is InChI=1S/C24H27NO5/c1-3-23(26)29-15-7-5-4-6-14-28-21-11-9-19(10-12-21)24(27)30-22-13-8-18(2)16-20(22)17-25/h3,8-13,16-17,25H,1,4-7,14-15H2,2H3. The van der Waals surface area contributed by atoms with E-state index < -0.39 is 5.97 Å². The summed E-state index contributed by atoms with van der Waals surface area (Å²) >= 11 is 0. The lowest BCUT2D eigenvalue weighted by Gasteiger charge is -2.09. The normalized spacial score (nSPS) is 10.2. The summed E-state index contributed by atoms with van der Waals surface area (Å²) in [5.41, 5.74) is 1.96. The molecular weight excluding hydrogens is 382 g/mol. The van der Waals surface area contributed by atoms with E-state index in [1.165, 1.54) is 6.21 Å². The molecule has 0 radical (unpaired) electrons. The smallest absolute Gasteiger partial charge is 0.343 e. The lowest BCUT2D eigenvalue weighted by Crippen LogP contribution is -2.10. The summed E-state index contributed by atoms with van der Waals surface area (Å²) in [5, 5.41) is 7.45. The van der Waals surface area contributed by atoms with Crippen LogP contribution in [0.3, 0.4) is 0 Å². The zero-order chi connectivity index (χ0) is 21.8. The molecule has 0 saturated carbocycles. The highest BCUT2D eigenvalue weighted by Gasteiger charge is 2.11. The van der Waals surface area contributed by atoms with Crippen molar-refractivity contribution in [2.75, 3.05) is 13.2 Å². The first-order valence-corrected chi connectivity index (χ1v) is 9.89. The minimum Gasteiger partial charge on any atom is -0.494 e. The van der Waals surface area contributed by atoms with Crippen molar-refractivity contribution in [2.24, 2.45) is 0 Å². The van der Waals surface area contributed by atoms with Crippen LogP contribution in [0.2, 0.25) is 0 Å². The number of unbranched alkanes of at least 4 members (excludes halogenated alkanes) is 3. The average Bonchev–Trinajstić information content (AvgIpc) is 2.76. The van der Waals surface area contributed by atoms with Crippen molar-refractivity contribution in [2.45, 2.75) is 32.6 Å². The van der Waals surface area contributed by atoms with Gasteiger partial charge in [-0.05, 0) is 69.0 Å². The van der Waals surface area contributed by atoms with Crippen molar-refractivity contribution in [3.8, 4) is 11.5 Å². The Labute approximate surface area is 177 Å². The molecular formula is C24H27NO5. The summed E-state index contributed by atoms with van der Waals surface area (Å²) < 4.78 is 16.0. The molecule has 1 N–H and O–H groups in total. The molecule has 0 spiro atoms. The van der Waals surface area contributed by atoms with Crippen molar-refractivity contribution >= 4 is 18.2 Å². The number of benzene rings is 2. The zero-order valence-corrected chi connectivity index (χ0v) is 17.2. The van der Waals surface area contributed by atoms with Crippen LogP contribution in [0.1, 0.15) is 47.2 Å². The van der Waals surface area contributed by atoms with Gasteiger partial charge in [0.2, 0.25) is 0 Å². The Morgan fingerprint density at radius 3 is 2.37 bits per heavy atom. The molecule has 0 aromatic heterocycles. The Morgan fingerprint density at radius 1 is 1.00 bits per heavy atom. The number of hydrogen-bond donors (Lipinski definition) is 1. The maximum atomic E-state index is 12.4. The summed E-state index contributed by atoms with van der Waals surface area (Å²) in [6.45, 7) is 6.24. The third-order valence-corrected chi connectivity index (χ3v) is 4.33. The fraction of sp³-hybridized carbons (Fsp3) is 0.292. The van der Waals surface area contributed by atoms with Crippen LogP contribution in [-0.2, 0) is 9.53 Å². The van der Waals surface area contributed by atoms with Gasteiger partial charge in [-0.25, -0.2) is 9.59 Å². The van der Waals surface area contributed by atoms with Gasteiger partial charge in [0.05, 0.1) is 18.8 Å². The van der Waals surface area contributed by atoms with Crippen molar-refractivity contribution in [3.05, 3.63) is 71.8 Å². The number of ether oxygens (including phenoxy) is 3. The van der Waals surface area contributed by atoms with E-state index in [-0.39, 0.29) is 5.97 Å². The SMILES string of the molecule is C=CC(=O)OCCCCCCOc1ccc(C(=O)Oc2ccc(C)cc2C=N)cc1. The molecule has 2 aromatic carbocycles. The molecule has 158 valence electrons. The van der Waals surface area contributed by atoms with Gasteiger partial charge in [0.1, 0.15) is 11.5 Å². The lowest BCUT2D eigenvalue weighted by atomic mass is 10.1. The van der Waals surface area contributed by atoms with E-state index in [1.807, 2.05) is 13.0 Å². The molecule has 30 heavy (non-hydrogen) atoms. The van der Waals surface area contributed by atoms with Gasteiger partial charge in [0, 0.05) is 17.9 Å². The van der Waals surface area contributed by atoms with Gasteiger partial charge in [-0.3, -0.25) is 0 Å². The highest BCUT2D eigenvalue weighted by molar-refractivity contribution is 5.93. The fourth-order valence-electron chi connectivity index (χ4n) is 2.70. The molecule has 0 unspecified atom stereocenters. The molecule has 6 nitrogen and oxygen atoms in total. The Balaban J connectivity index is 1.72. The van der Waals surface area contributed by atoms with Crippen LogP contribution >= 0.6 is 0 Å². The molecule has 0 aliphatic carbocycles. The highest BCUT2D eigenvalue weighted by atomic mass is 16.5. The largest absolute Gasteiger partial charge is 0.494 e. The predicted molar refractivity (Wildman–Crippen MR) is 116 cm³/mol. The molecule has 0 saturated heterocycles. The monoisotopic (exact) mass is 409 g/mol. The Kier molecular flexibility index (Phi) is 9.31. The summed E-state index contributed by atoms with van der Waals surface area (Å²) in [5.74, 6) is 0.174. The Hall–Kier alpha value is -3.41. The van der Waals surface area contributed by atoms with Crippen LogP contribution in [0, 0.1) is 12.3 Å². The van der Waals surface area contributed by atoms with Gasteiger partial charge in [0.25, 0.3) is 0 Å². The first-order valence-electron chi connectivity index (χ1n) is 9.89. The van der Waals surface area contributed by atoms with Crippen molar-refractivity contribution < 1.29 is 23.8 Å². The topological polar surface area (TPSA) is 85.7 Å². The second-order valence-corrected chi connectivity index (χ2v) is 6.73. The number of carbonyl (C=O) groups excluding carboxylic acids is 2. The lowest BCUT2D eigenvalue weighted by molar-refractivity contribution is -0.137. The molecule has 0 atom stereocenters. The first kappa shape index (κ1) is 22.9. The summed E-state index contributed by atoms with van der Waals surface area (Å²) in [4.78, 5) is 23.3. The van der Waals surface area contributed by atoms with E-state index in [0.29, 0.717) is 35.8 Å². The van der Waals surface area contributed by atoms with Crippen LogP contribution in [0.4, 0.5) is 0 Å². The second-order valence-electron chi connectivity index (χ2n) is 6.73. The number of nitrogens with one attached hydrogen (secondary N) is 1. The van der Waals surface area contributed by atoms with Gasteiger partial charge < -0.3 is 19.6 Å². The van der Waals surface area contributed by atoms with E-state index in [0.717, 1.165) is 37.3 Å². The predicted octanol–water partition coefficient (Wildman–Crippen LogP) is 4.88. The molecule has 0 fully saturated rings. The Morgan fingerprint density at radius 2 is 1.70 bits per heavy atom. The molecule has 2 rings (SSSR count). The fourth-order valence-corrected chi connectivity index (χ4v) is 2.70. The number of carbonyl (C=O) groups is 2. The van der Waals surface area contributed by atoms with Crippen LogP contribution in [0.15, 0.2) is 55.1 Å². The van der Waals surface area contributed by atoms with Gasteiger partial charge in [-0.1, -0.05) is 18.2 Å². The molecule has 0 aliphatic rings. The third-order valence-electron chi connectivity index (χ3n) is 4.33. The van der Waals surface area contributed by atoms with Crippen molar-refractivity contribution in [1.82, 2.24) is 0 Å². The molecule has 0 heterocycles. The molecule has 0 aliphatic heterocycles. The minimum absolute atomic E-state index is 0.361. The third kappa shape index (κ3) is 7.54. The van der Waals surface area contributed by atoms with Gasteiger partial charge in [-0.2, -0.15) is 0 Å². The van der Waals surface area contributed by atoms with Crippen molar-refractivity contribution in [1.29, 1.82) is 5.41 Å². The maximum Gasteiger partial charge on any atom is 0.343 e. The van der Waals surface area contributed by atoms with Crippen LogP contribution in [0.5, 0.6) is 11.5 Å². The van der Waals surface area contributed by atoms with Gasteiger partial charge in [-0.15, -0.1) is 0 Å². The number of hydrogen-bond acceptors (Lipinski definition) is 6. The van der Waals surface area contributed by atoms with Gasteiger partial charge >= 0.3 is 11.9 Å². The van der Waals surface area contributed by atoms with Crippen LogP contribution in [0.25, 0.3) is 0 Å². The number of aryl methyl sites for hydroxylation is 1. The quantitative estimate of drug-likeness (QED) is 0.177. The first-order chi connectivity index (χ1) is 14.5. The van der Waals surface area contributed by atoms with Crippen molar-refractivity contribution in [3.63, 3.8) is 0 Å². The number of rotatable bonds is 12. The van der Waals surface area contributed by atoms with Crippen LogP contribution < -0.4 is 9.47 Å². The molecule has 6 heteroatoms. The Bertz CT molecular complexity index is 874. The van der Waals surface area contributed by atoms with E-state index >= 15 is 0 Å². The molecule has 2 aromatic rings. The van der Waals surface area contributed by atoms with E-state index in [4.69, 9.17) is 19.6 Å². The summed E-state index contributed by atoms with van der Waals surface area (Å²) in [6.07, 6.45) is 5.96. The molecule has 0 bridgehead atoms. The summed E-state index contributed by atoms with van der Waals surface area (Å²) in [7, 11) is 0. The van der Waals surface area contributed by atoms with Crippen LogP contribution in [-0.4, -0.2) is 31.4 Å². The van der Waals surface area contributed by atoms with E-state index in [9.17, 15) is 9.59 Å². The number of esters is 2. The second kappa shape index (κ2) is 12.2. The highest BCUT2D eigenvalue weighted by Crippen LogP contribution is 2.20. The van der Waals surface area contributed by atoms with Gasteiger partial charge in [0.15, 0.2) is 0 Å². The van der Waals surface area contributed by atoms with E-state index in [1.54, 1.807) is 36.4 Å². The molecule has 0 amide bonds. The maximum absolute atomic E-state index is 12.4. The van der Waals surface area contributed by atoms with E-state index in [2.05, 4.69) is 6.58 Å². The average molecular weight is 409 g/mol.